The maximum absolute atomic E-state index is 13.6. The van der Waals surface area contributed by atoms with E-state index >= 15 is 0 Å². The second kappa shape index (κ2) is 5.79. The number of rotatable bonds is 4. The lowest BCUT2D eigenvalue weighted by Gasteiger charge is -2.09. The average Bonchev–Trinajstić information content (AvgIpc) is 2.79. The molecule has 1 aromatic carbocycles. The van der Waals surface area contributed by atoms with Gasteiger partial charge in [-0.1, -0.05) is 22.8 Å². The Morgan fingerprint density at radius 3 is 2.84 bits per heavy atom. The van der Waals surface area contributed by atoms with Crippen LogP contribution < -0.4 is 0 Å². The SMILES string of the molecule is Cc1noc([C@@H](C)[S@@](=O)Cc2c(F)cccc2Cl)n1. The maximum atomic E-state index is 13.6. The van der Waals surface area contributed by atoms with Gasteiger partial charge in [-0.25, -0.2) is 4.39 Å². The van der Waals surface area contributed by atoms with E-state index in [9.17, 15) is 8.60 Å². The van der Waals surface area contributed by atoms with Crippen molar-refractivity contribution in [2.75, 3.05) is 0 Å². The van der Waals surface area contributed by atoms with Crippen molar-refractivity contribution in [3.05, 3.63) is 46.3 Å². The molecule has 0 aliphatic heterocycles. The molecule has 0 radical (unpaired) electrons. The zero-order chi connectivity index (χ0) is 14.0. The van der Waals surface area contributed by atoms with E-state index in [0.717, 1.165) is 0 Å². The van der Waals surface area contributed by atoms with Crippen LogP contribution in [0.2, 0.25) is 5.02 Å². The van der Waals surface area contributed by atoms with Crippen molar-refractivity contribution in [1.29, 1.82) is 0 Å². The zero-order valence-corrected chi connectivity index (χ0v) is 12.0. The first kappa shape index (κ1) is 14.1. The van der Waals surface area contributed by atoms with E-state index in [1.807, 2.05) is 0 Å². The first-order chi connectivity index (χ1) is 8.99. The Labute approximate surface area is 117 Å². The second-order valence-corrected chi connectivity index (χ2v) is 6.21. The van der Waals surface area contributed by atoms with Crippen LogP contribution in [-0.4, -0.2) is 14.3 Å². The number of aryl methyl sites for hydroxylation is 1. The van der Waals surface area contributed by atoms with E-state index in [1.165, 1.54) is 12.1 Å². The minimum atomic E-state index is -1.39. The zero-order valence-electron chi connectivity index (χ0n) is 10.4. The molecular weight excluding hydrogens is 291 g/mol. The number of hydrogen-bond donors (Lipinski definition) is 0. The Kier molecular flexibility index (Phi) is 4.31. The third kappa shape index (κ3) is 3.19. The molecule has 2 aromatic rings. The first-order valence-corrected chi connectivity index (χ1v) is 7.35. The van der Waals surface area contributed by atoms with Crippen molar-refractivity contribution in [2.24, 2.45) is 0 Å². The Bertz CT molecular complexity index is 597. The molecule has 0 amide bonds. The van der Waals surface area contributed by atoms with Crippen LogP contribution in [0.4, 0.5) is 4.39 Å². The van der Waals surface area contributed by atoms with Crippen molar-refractivity contribution in [3.63, 3.8) is 0 Å². The summed E-state index contributed by atoms with van der Waals surface area (Å²) in [6.07, 6.45) is 0. The Balaban J connectivity index is 2.17. The molecule has 0 bridgehead atoms. The van der Waals surface area contributed by atoms with Crippen molar-refractivity contribution < 1.29 is 13.1 Å². The van der Waals surface area contributed by atoms with E-state index in [1.54, 1.807) is 19.9 Å². The fraction of sp³-hybridized carbons (Fsp3) is 0.333. The predicted octanol–water partition coefficient (Wildman–Crippen LogP) is 3.18. The normalized spacial score (nSPS) is 14.3. The molecule has 102 valence electrons. The topological polar surface area (TPSA) is 56.0 Å². The Morgan fingerprint density at radius 2 is 2.26 bits per heavy atom. The van der Waals surface area contributed by atoms with Gasteiger partial charge in [0.25, 0.3) is 0 Å². The molecule has 4 nitrogen and oxygen atoms in total. The minimum absolute atomic E-state index is 0.00804. The summed E-state index contributed by atoms with van der Waals surface area (Å²) in [5, 5.41) is 3.43. The van der Waals surface area contributed by atoms with Crippen molar-refractivity contribution in [1.82, 2.24) is 10.1 Å². The highest BCUT2D eigenvalue weighted by Gasteiger charge is 2.22. The molecule has 2 rings (SSSR count). The van der Waals surface area contributed by atoms with Gasteiger partial charge in [0, 0.05) is 21.4 Å². The Morgan fingerprint density at radius 1 is 1.53 bits per heavy atom. The van der Waals surface area contributed by atoms with Gasteiger partial charge in [0.15, 0.2) is 5.82 Å². The maximum Gasteiger partial charge on any atom is 0.242 e. The molecule has 0 N–H and O–H groups in total. The van der Waals surface area contributed by atoms with Gasteiger partial charge in [0.2, 0.25) is 5.89 Å². The molecule has 19 heavy (non-hydrogen) atoms. The Hall–Kier alpha value is -1.27. The van der Waals surface area contributed by atoms with Crippen molar-refractivity contribution in [2.45, 2.75) is 24.9 Å². The molecule has 0 spiro atoms. The summed E-state index contributed by atoms with van der Waals surface area (Å²) in [5.74, 6) is 0.300. The lowest BCUT2D eigenvalue weighted by Crippen LogP contribution is -2.07. The third-order valence-corrected chi connectivity index (χ3v) is 4.55. The monoisotopic (exact) mass is 302 g/mol. The quantitative estimate of drug-likeness (QED) is 0.870. The highest BCUT2D eigenvalue weighted by molar-refractivity contribution is 7.84. The first-order valence-electron chi connectivity index (χ1n) is 5.59. The van der Waals surface area contributed by atoms with Gasteiger partial charge in [0.05, 0.1) is 5.75 Å². The van der Waals surface area contributed by atoms with E-state index in [4.69, 9.17) is 16.1 Å². The third-order valence-electron chi connectivity index (χ3n) is 2.63. The van der Waals surface area contributed by atoms with E-state index in [0.29, 0.717) is 5.82 Å². The summed E-state index contributed by atoms with van der Waals surface area (Å²) in [7, 11) is -1.39. The molecule has 1 heterocycles. The number of hydrogen-bond acceptors (Lipinski definition) is 4. The molecule has 0 aliphatic carbocycles. The van der Waals surface area contributed by atoms with E-state index in [-0.39, 0.29) is 22.2 Å². The van der Waals surface area contributed by atoms with Gasteiger partial charge in [-0.3, -0.25) is 4.21 Å². The standard InChI is InChI=1S/C12H12ClFN2O2S/c1-7(12-15-8(2)16-18-12)19(17)6-9-10(13)4-3-5-11(9)14/h3-5,7H,6H2,1-2H3/t7-,19+/m1/s1. The number of aromatic nitrogens is 2. The van der Waals surface area contributed by atoms with Crippen LogP contribution in [0.5, 0.6) is 0 Å². The molecular formula is C12H12ClFN2O2S. The minimum Gasteiger partial charge on any atom is -0.338 e. The van der Waals surface area contributed by atoms with Crippen LogP contribution in [0.25, 0.3) is 0 Å². The smallest absolute Gasteiger partial charge is 0.242 e. The largest absolute Gasteiger partial charge is 0.338 e. The van der Waals surface area contributed by atoms with Gasteiger partial charge < -0.3 is 4.52 Å². The summed E-state index contributed by atoms with van der Waals surface area (Å²) in [6, 6.07) is 4.37. The van der Waals surface area contributed by atoms with Crippen LogP contribution >= 0.6 is 11.6 Å². The lowest BCUT2D eigenvalue weighted by atomic mass is 10.2. The van der Waals surface area contributed by atoms with E-state index in [2.05, 4.69) is 10.1 Å². The number of halogens is 2. The van der Waals surface area contributed by atoms with Crippen molar-refractivity contribution >= 4 is 22.4 Å². The second-order valence-electron chi connectivity index (χ2n) is 4.05. The van der Waals surface area contributed by atoms with Crippen LogP contribution in [0.1, 0.15) is 29.5 Å². The van der Waals surface area contributed by atoms with Gasteiger partial charge in [0.1, 0.15) is 11.1 Å². The molecule has 2 atom stereocenters. The summed E-state index contributed by atoms with van der Waals surface area (Å²) >= 11 is 5.90. The van der Waals surface area contributed by atoms with Gasteiger partial charge in [-0.05, 0) is 26.0 Å². The van der Waals surface area contributed by atoms with Crippen LogP contribution in [-0.2, 0) is 16.6 Å². The fourth-order valence-corrected chi connectivity index (χ4v) is 2.99. The average molecular weight is 303 g/mol. The summed E-state index contributed by atoms with van der Waals surface area (Å²) < 4.78 is 30.8. The van der Waals surface area contributed by atoms with Gasteiger partial charge in [-0.2, -0.15) is 4.98 Å². The van der Waals surface area contributed by atoms with Gasteiger partial charge in [-0.15, -0.1) is 0 Å². The summed E-state index contributed by atoms with van der Waals surface area (Å²) in [6.45, 7) is 3.37. The molecule has 0 saturated heterocycles. The highest BCUT2D eigenvalue weighted by atomic mass is 35.5. The predicted molar refractivity (Wildman–Crippen MR) is 70.7 cm³/mol. The fourth-order valence-electron chi connectivity index (χ4n) is 1.53. The van der Waals surface area contributed by atoms with Crippen LogP contribution in [0.3, 0.4) is 0 Å². The lowest BCUT2D eigenvalue weighted by molar-refractivity contribution is 0.375. The molecule has 7 heteroatoms. The molecule has 0 saturated carbocycles. The summed E-state index contributed by atoms with van der Waals surface area (Å²) in [5.41, 5.74) is 0.241. The van der Waals surface area contributed by atoms with Crippen LogP contribution in [0.15, 0.2) is 22.7 Å². The number of nitrogens with zero attached hydrogens (tertiary/aromatic N) is 2. The molecule has 0 aliphatic rings. The molecule has 1 aromatic heterocycles. The summed E-state index contributed by atoms with van der Waals surface area (Å²) in [4.78, 5) is 4.02. The highest BCUT2D eigenvalue weighted by Crippen LogP contribution is 2.25. The van der Waals surface area contributed by atoms with E-state index < -0.39 is 21.9 Å². The number of benzene rings is 1. The van der Waals surface area contributed by atoms with Crippen molar-refractivity contribution in [3.8, 4) is 0 Å². The van der Waals surface area contributed by atoms with Crippen LogP contribution in [0, 0.1) is 12.7 Å². The molecule has 0 unspecified atom stereocenters. The molecule has 0 fully saturated rings. The van der Waals surface area contributed by atoms with Gasteiger partial charge >= 0.3 is 0 Å².